The van der Waals surface area contributed by atoms with Gasteiger partial charge in [-0.15, -0.1) is 12.4 Å². The molecule has 0 unspecified atom stereocenters. The van der Waals surface area contributed by atoms with E-state index in [0.717, 1.165) is 29.1 Å². The van der Waals surface area contributed by atoms with Gasteiger partial charge in [0, 0.05) is 38.4 Å². The average Bonchev–Trinajstić information content (AvgIpc) is 3.54. The van der Waals surface area contributed by atoms with Crippen LogP contribution in [0.1, 0.15) is 30.1 Å². The summed E-state index contributed by atoms with van der Waals surface area (Å²) in [6.07, 6.45) is -1.03. The summed E-state index contributed by atoms with van der Waals surface area (Å²) in [5, 5.41) is 7.42. The van der Waals surface area contributed by atoms with Crippen LogP contribution in [0.25, 0.3) is 5.65 Å². The summed E-state index contributed by atoms with van der Waals surface area (Å²) in [7, 11) is 2.82. The number of amides is 2. The van der Waals surface area contributed by atoms with Crippen molar-refractivity contribution in [2.45, 2.75) is 31.5 Å². The summed E-state index contributed by atoms with van der Waals surface area (Å²) >= 11 is 6.06. The molecule has 0 spiro atoms. The highest BCUT2D eigenvalue weighted by molar-refractivity contribution is 6.29. The number of anilines is 2. The van der Waals surface area contributed by atoms with Gasteiger partial charge < -0.3 is 20.0 Å². The van der Waals surface area contributed by atoms with E-state index in [1.165, 1.54) is 24.1 Å². The number of fused-ring (bicyclic) bond motifs is 3. The molecule has 9 nitrogen and oxygen atoms in total. The molecule has 3 aromatic rings. The maximum Gasteiger partial charge on any atom is 0.413 e. The van der Waals surface area contributed by atoms with Crippen molar-refractivity contribution >= 4 is 52.8 Å². The Morgan fingerprint density at radius 1 is 1.23 bits per heavy atom. The molecule has 2 aliphatic heterocycles. The standard InChI is InChI=1S/C26H29ClF3N7O2.ClH/c1-31-14-23(38)35-11-9-17(15-35)25(39)34(2)24(26(28,29)30)16-5-7-18(8-6-16)36-10-3-4-19-20(36)13-32-22-12-21(27)33-37(19)22;/h5-8,12-13,17,24,31H,3-4,9-11,14-15H2,1-2H3;1H/t17-,24-;/m0./s1. The second kappa shape index (κ2) is 11.8. The Bertz CT molecular complexity index is 1380. The van der Waals surface area contributed by atoms with Crippen LogP contribution >= 0.6 is 24.0 Å². The van der Waals surface area contributed by atoms with Gasteiger partial charge in [-0.05, 0) is 44.0 Å². The van der Waals surface area contributed by atoms with Crippen LogP contribution in [0, 0.1) is 5.92 Å². The summed E-state index contributed by atoms with van der Waals surface area (Å²) in [5.74, 6) is -1.48. The lowest BCUT2D eigenvalue weighted by Gasteiger charge is -2.33. The van der Waals surface area contributed by atoms with Crippen molar-refractivity contribution < 1.29 is 22.8 Å². The molecule has 0 radical (unpaired) electrons. The Labute approximate surface area is 240 Å². The third-order valence-electron chi connectivity index (χ3n) is 7.40. The van der Waals surface area contributed by atoms with E-state index in [4.69, 9.17) is 11.6 Å². The summed E-state index contributed by atoms with van der Waals surface area (Å²) in [4.78, 5) is 34.0. The van der Waals surface area contributed by atoms with Crippen LogP contribution in [-0.4, -0.2) is 82.7 Å². The number of hydrogen-bond acceptors (Lipinski definition) is 6. The first-order valence-electron chi connectivity index (χ1n) is 12.7. The van der Waals surface area contributed by atoms with Crippen molar-refractivity contribution in [2.24, 2.45) is 5.92 Å². The molecule has 2 amide bonds. The fourth-order valence-corrected chi connectivity index (χ4v) is 5.71. The van der Waals surface area contributed by atoms with Gasteiger partial charge in [-0.25, -0.2) is 9.50 Å². The number of carbonyl (C=O) groups excluding carboxylic acids is 2. The molecule has 14 heteroatoms. The van der Waals surface area contributed by atoms with Gasteiger partial charge in [-0.3, -0.25) is 9.59 Å². The van der Waals surface area contributed by atoms with E-state index in [-0.39, 0.29) is 37.0 Å². The number of alkyl halides is 3. The minimum Gasteiger partial charge on any atom is -0.341 e. The number of nitrogens with one attached hydrogen (secondary N) is 1. The molecule has 216 valence electrons. The van der Waals surface area contributed by atoms with Crippen molar-refractivity contribution in [3.05, 3.63) is 52.9 Å². The molecular weight excluding hydrogens is 570 g/mol. The maximum absolute atomic E-state index is 14.3. The van der Waals surface area contributed by atoms with Crippen molar-refractivity contribution in [1.29, 1.82) is 0 Å². The highest BCUT2D eigenvalue weighted by atomic mass is 35.5. The van der Waals surface area contributed by atoms with Gasteiger partial charge >= 0.3 is 6.18 Å². The molecule has 2 aromatic heterocycles. The monoisotopic (exact) mass is 599 g/mol. The van der Waals surface area contributed by atoms with Crippen molar-refractivity contribution in [3.63, 3.8) is 0 Å². The van der Waals surface area contributed by atoms with Crippen LogP contribution in [0.4, 0.5) is 24.5 Å². The molecule has 0 saturated carbocycles. The van der Waals surface area contributed by atoms with Gasteiger partial charge in [-0.2, -0.15) is 18.3 Å². The van der Waals surface area contributed by atoms with E-state index >= 15 is 0 Å². The highest BCUT2D eigenvalue weighted by Crippen LogP contribution is 2.40. The molecule has 4 heterocycles. The number of hydrogen-bond donors (Lipinski definition) is 1. The first-order valence-corrected chi connectivity index (χ1v) is 13.1. The minimum atomic E-state index is -4.68. The van der Waals surface area contributed by atoms with Gasteiger partial charge in [0.2, 0.25) is 11.8 Å². The lowest BCUT2D eigenvalue weighted by molar-refractivity contribution is -0.190. The Hall–Kier alpha value is -3.09. The quantitative estimate of drug-likeness (QED) is 0.461. The molecule has 1 aromatic carbocycles. The predicted octanol–water partition coefficient (Wildman–Crippen LogP) is 4.02. The first-order chi connectivity index (χ1) is 18.6. The number of benzene rings is 1. The molecule has 0 bridgehead atoms. The number of rotatable bonds is 6. The topological polar surface area (TPSA) is 86.1 Å². The van der Waals surface area contributed by atoms with E-state index in [1.54, 1.807) is 36.0 Å². The Morgan fingerprint density at radius 3 is 2.62 bits per heavy atom. The normalized spacial score (nSPS) is 17.9. The Kier molecular flexibility index (Phi) is 8.81. The number of aryl methyl sites for hydroxylation is 1. The minimum absolute atomic E-state index is 0. The van der Waals surface area contributed by atoms with Crippen molar-refractivity contribution in [3.8, 4) is 0 Å². The average molecular weight is 600 g/mol. The zero-order chi connectivity index (χ0) is 27.9. The van der Waals surface area contributed by atoms with Crippen molar-refractivity contribution in [1.82, 2.24) is 29.7 Å². The van der Waals surface area contributed by atoms with E-state index in [0.29, 0.717) is 36.0 Å². The number of aromatic nitrogens is 3. The van der Waals surface area contributed by atoms with E-state index in [1.807, 2.05) is 4.90 Å². The number of likely N-dealkylation sites (tertiary alicyclic amines) is 1. The predicted molar refractivity (Wildman–Crippen MR) is 147 cm³/mol. The summed E-state index contributed by atoms with van der Waals surface area (Å²) in [5.41, 5.74) is 3.06. The van der Waals surface area contributed by atoms with Gasteiger partial charge in [0.15, 0.2) is 16.8 Å². The second-order valence-corrected chi connectivity index (χ2v) is 10.3. The van der Waals surface area contributed by atoms with Gasteiger partial charge in [-0.1, -0.05) is 23.7 Å². The van der Waals surface area contributed by atoms with Crippen LogP contribution in [0.5, 0.6) is 0 Å². The molecule has 1 N–H and O–H groups in total. The lowest BCUT2D eigenvalue weighted by Crippen LogP contribution is -2.43. The van der Waals surface area contributed by atoms with Gasteiger partial charge in [0.25, 0.3) is 0 Å². The molecular formula is C26H30Cl2F3N7O2. The second-order valence-electron chi connectivity index (χ2n) is 9.92. The first kappa shape index (κ1) is 29.9. The zero-order valence-electron chi connectivity index (χ0n) is 22.0. The smallest absolute Gasteiger partial charge is 0.341 e. The van der Waals surface area contributed by atoms with E-state index in [2.05, 4.69) is 15.4 Å². The molecule has 1 fully saturated rings. The fourth-order valence-electron chi connectivity index (χ4n) is 5.53. The maximum atomic E-state index is 14.3. The lowest BCUT2D eigenvalue weighted by atomic mass is 10.0. The van der Waals surface area contributed by atoms with Crippen LogP contribution in [0.2, 0.25) is 5.15 Å². The number of nitrogens with zero attached hydrogens (tertiary/aromatic N) is 6. The van der Waals surface area contributed by atoms with Crippen LogP contribution in [0.3, 0.4) is 0 Å². The van der Waals surface area contributed by atoms with Gasteiger partial charge in [0.05, 0.1) is 30.0 Å². The fraction of sp³-hybridized carbons (Fsp3) is 0.462. The summed E-state index contributed by atoms with van der Waals surface area (Å²) in [6.45, 7) is 1.25. The molecule has 40 heavy (non-hydrogen) atoms. The summed E-state index contributed by atoms with van der Waals surface area (Å²) < 4.78 is 44.6. The number of carbonyl (C=O) groups is 2. The van der Waals surface area contributed by atoms with Crippen LogP contribution < -0.4 is 10.2 Å². The van der Waals surface area contributed by atoms with Crippen LogP contribution in [0.15, 0.2) is 36.5 Å². The Balaban J connectivity index is 0.00000370. The number of halogens is 5. The van der Waals surface area contributed by atoms with Gasteiger partial charge in [0.1, 0.15) is 0 Å². The molecule has 0 aliphatic carbocycles. The van der Waals surface area contributed by atoms with Crippen molar-refractivity contribution in [2.75, 3.05) is 45.2 Å². The molecule has 2 aliphatic rings. The molecule has 1 saturated heterocycles. The SMILES string of the molecule is CNCC(=O)N1CC[C@H](C(=O)N(C)[C@@H](c2ccc(N3CCCc4c3cnc3cc(Cl)nn43)cc2)C(F)(F)F)C1.Cl. The largest absolute Gasteiger partial charge is 0.413 e. The third kappa shape index (κ3) is 5.70. The van der Waals surface area contributed by atoms with Crippen LogP contribution in [-0.2, 0) is 16.0 Å². The third-order valence-corrected chi connectivity index (χ3v) is 7.59. The number of likely N-dealkylation sites (N-methyl/N-ethyl adjacent to an activating group) is 1. The molecule has 5 rings (SSSR count). The summed E-state index contributed by atoms with van der Waals surface area (Å²) in [6, 6.07) is 5.67. The Morgan fingerprint density at radius 2 is 1.95 bits per heavy atom. The zero-order valence-corrected chi connectivity index (χ0v) is 23.6. The highest BCUT2D eigenvalue weighted by Gasteiger charge is 2.47. The van der Waals surface area contributed by atoms with E-state index < -0.39 is 24.0 Å². The molecule has 2 atom stereocenters. The van der Waals surface area contributed by atoms with E-state index in [9.17, 15) is 22.8 Å².